The molecular formula is C24H21N5O3S. The Morgan fingerprint density at radius 2 is 1.82 bits per heavy atom. The zero-order chi connectivity index (χ0) is 22.6. The predicted molar refractivity (Wildman–Crippen MR) is 123 cm³/mol. The van der Waals surface area contributed by atoms with E-state index in [1.807, 2.05) is 73.0 Å². The smallest absolute Gasteiger partial charge is 0.240 e. The number of hydrogen-bond acceptors (Lipinski definition) is 8. The number of furan rings is 1. The summed E-state index contributed by atoms with van der Waals surface area (Å²) in [5, 5.41) is 13.4. The average Bonchev–Trinajstić information content (AvgIpc) is 3.60. The Morgan fingerprint density at radius 1 is 1.00 bits per heavy atom. The van der Waals surface area contributed by atoms with Crippen molar-refractivity contribution in [1.82, 2.24) is 24.9 Å². The summed E-state index contributed by atoms with van der Waals surface area (Å²) in [4.78, 5) is 4.47. The summed E-state index contributed by atoms with van der Waals surface area (Å²) < 4.78 is 18.9. The molecule has 3 heterocycles. The Labute approximate surface area is 194 Å². The van der Waals surface area contributed by atoms with E-state index in [9.17, 15) is 0 Å². The molecule has 0 unspecified atom stereocenters. The lowest BCUT2D eigenvalue weighted by Gasteiger charge is -2.13. The van der Waals surface area contributed by atoms with Crippen LogP contribution in [0, 0.1) is 6.92 Å². The molecule has 1 atom stereocenters. The SMILES string of the molecule is Cc1ccccc1OCc1nnc(S[C@H](C)c2nc(-c3ccco3)no2)n1-c1ccccc1. The van der Waals surface area contributed by atoms with Gasteiger partial charge in [-0.05, 0) is 49.7 Å². The number of rotatable bonds is 8. The molecule has 166 valence electrons. The van der Waals surface area contributed by atoms with E-state index in [-0.39, 0.29) is 11.9 Å². The van der Waals surface area contributed by atoms with Gasteiger partial charge in [0.2, 0.25) is 11.7 Å². The molecule has 0 fully saturated rings. The van der Waals surface area contributed by atoms with Gasteiger partial charge in [0, 0.05) is 5.69 Å². The molecule has 0 N–H and O–H groups in total. The minimum absolute atomic E-state index is 0.155. The zero-order valence-corrected chi connectivity index (χ0v) is 18.9. The van der Waals surface area contributed by atoms with E-state index in [0.717, 1.165) is 17.0 Å². The predicted octanol–water partition coefficient (Wildman–Crippen LogP) is 5.65. The highest BCUT2D eigenvalue weighted by Gasteiger charge is 2.22. The third kappa shape index (κ3) is 4.54. The molecule has 0 saturated heterocycles. The van der Waals surface area contributed by atoms with Gasteiger partial charge in [-0.1, -0.05) is 53.3 Å². The summed E-state index contributed by atoms with van der Waals surface area (Å²) in [5.74, 6) is 2.97. The molecule has 0 spiro atoms. The molecule has 2 aromatic carbocycles. The van der Waals surface area contributed by atoms with Crippen molar-refractivity contribution >= 4 is 11.8 Å². The lowest BCUT2D eigenvalue weighted by atomic mass is 10.2. The van der Waals surface area contributed by atoms with Crippen molar-refractivity contribution in [3.63, 3.8) is 0 Å². The molecule has 0 aliphatic carbocycles. The normalized spacial score (nSPS) is 12.1. The molecular weight excluding hydrogens is 438 g/mol. The second-order valence-electron chi connectivity index (χ2n) is 7.32. The van der Waals surface area contributed by atoms with E-state index in [1.165, 1.54) is 11.8 Å². The van der Waals surface area contributed by atoms with Crippen molar-refractivity contribution in [3.05, 3.63) is 90.3 Å². The quantitative estimate of drug-likeness (QED) is 0.275. The van der Waals surface area contributed by atoms with E-state index < -0.39 is 0 Å². The van der Waals surface area contributed by atoms with Gasteiger partial charge in [0.1, 0.15) is 12.4 Å². The number of aromatic nitrogens is 5. The molecule has 3 aromatic heterocycles. The largest absolute Gasteiger partial charge is 0.485 e. The topological polar surface area (TPSA) is 92.0 Å². The van der Waals surface area contributed by atoms with Crippen molar-refractivity contribution in [2.45, 2.75) is 30.9 Å². The van der Waals surface area contributed by atoms with Crippen molar-refractivity contribution in [3.8, 4) is 23.0 Å². The highest BCUT2D eigenvalue weighted by molar-refractivity contribution is 7.99. The first kappa shape index (κ1) is 21.0. The van der Waals surface area contributed by atoms with Crippen molar-refractivity contribution < 1.29 is 13.7 Å². The van der Waals surface area contributed by atoms with Crippen LogP contribution in [0.2, 0.25) is 0 Å². The molecule has 0 radical (unpaired) electrons. The summed E-state index contributed by atoms with van der Waals surface area (Å²) in [6.45, 7) is 4.28. The van der Waals surface area contributed by atoms with Gasteiger partial charge >= 0.3 is 0 Å². The Hall–Kier alpha value is -3.85. The molecule has 0 bridgehead atoms. The monoisotopic (exact) mass is 459 g/mol. The molecule has 33 heavy (non-hydrogen) atoms. The van der Waals surface area contributed by atoms with Crippen molar-refractivity contribution in [2.75, 3.05) is 0 Å². The molecule has 0 aliphatic rings. The van der Waals surface area contributed by atoms with Crippen LogP contribution in [0.5, 0.6) is 5.75 Å². The van der Waals surface area contributed by atoms with Gasteiger partial charge in [-0.3, -0.25) is 4.57 Å². The summed E-state index contributed by atoms with van der Waals surface area (Å²) in [6, 6.07) is 21.4. The second kappa shape index (κ2) is 9.33. The number of hydrogen-bond donors (Lipinski definition) is 0. The Bertz CT molecular complexity index is 1330. The molecule has 5 aromatic rings. The molecule has 0 amide bonds. The van der Waals surface area contributed by atoms with Crippen LogP contribution in [-0.2, 0) is 6.61 Å². The van der Waals surface area contributed by atoms with Gasteiger partial charge in [-0.25, -0.2) is 0 Å². The van der Waals surface area contributed by atoms with Gasteiger partial charge in [-0.15, -0.1) is 10.2 Å². The van der Waals surface area contributed by atoms with E-state index in [0.29, 0.717) is 28.5 Å². The van der Waals surface area contributed by atoms with Crippen molar-refractivity contribution in [2.24, 2.45) is 0 Å². The Kier molecular flexibility index (Phi) is 5.95. The van der Waals surface area contributed by atoms with Gasteiger partial charge in [0.25, 0.3) is 0 Å². The fourth-order valence-corrected chi connectivity index (χ4v) is 4.20. The number of ether oxygens (including phenoxy) is 1. The fourth-order valence-electron chi connectivity index (χ4n) is 3.28. The number of nitrogens with zero attached hydrogens (tertiary/aromatic N) is 5. The highest BCUT2D eigenvalue weighted by atomic mass is 32.2. The Morgan fingerprint density at radius 3 is 2.61 bits per heavy atom. The first-order valence-corrected chi connectivity index (χ1v) is 11.3. The zero-order valence-electron chi connectivity index (χ0n) is 18.1. The average molecular weight is 460 g/mol. The van der Waals surface area contributed by atoms with Crippen LogP contribution in [0.15, 0.2) is 87.1 Å². The van der Waals surface area contributed by atoms with E-state index in [2.05, 4.69) is 20.3 Å². The number of thioether (sulfide) groups is 1. The maximum absolute atomic E-state index is 6.05. The lowest BCUT2D eigenvalue weighted by Crippen LogP contribution is -2.07. The Balaban J connectivity index is 1.40. The molecule has 0 saturated carbocycles. The minimum Gasteiger partial charge on any atom is -0.485 e. The third-order valence-electron chi connectivity index (χ3n) is 4.98. The number of aryl methyl sites for hydroxylation is 1. The molecule has 0 aliphatic heterocycles. The van der Waals surface area contributed by atoms with E-state index in [4.69, 9.17) is 13.7 Å². The lowest BCUT2D eigenvalue weighted by molar-refractivity contribution is 0.291. The third-order valence-corrected chi connectivity index (χ3v) is 6.01. The van der Waals surface area contributed by atoms with E-state index in [1.54, 1.807) is 18.4 Å². The second-order valence-corrected chi connectivity index (χ2v) is 8.63. The first-order valence-electron chi connectivity index (χ1n) is 10.4. The molecule has 9 heteroatoms. The van der Waals surface area contributed by atoms with Crippen LogP contribution in [-0.4, -0.2) is 24.9 Å². The maximum Gasteiger partial charge on any atom is 0.240 e. The standard InChI is InChI=1S/C24H21N5O3S/c1-16-9-6-7-12-19(16)31-15-21-26-27-24(29(21)18-10-4-3-5-11-18)33-17(2)23-25-22(28-32-23)20-13-8-14-30-20/h3-14,17H,15H2,1-2H3/t17-/m1/s1. The van der Waals surface area contributed by atoms with Crippen molar-refractivity contribution in [1.29, 1.82) is 0 Å². The van der Waals surface area contributed by atoms with Crippen LogP contribution in [0.3, 0.4) is 0 Å². The summed E-state index contributed by atoms with van der Waals surface area (Å²) in [6.07, 6.45) is 1.58. The van der Waals surface area contributed by atoms with Crippen LogP contribution in [0.1, 0.15) is 29.5 Å². The van der Waals surface area contributed by atoms with Gasteiger partial charge in [0.15, 0.2) is 16.7 Å². The molecule has 8 nitrogen and oxygen atoms in total. The summed E-state index contributed by atoms with van der Waals surface area (Å²) in [5.41, 5.74) is 2.01. The first-order chi connectivity index (χ1) is 16.2. The van der Waals surface area contributed by atoms with Crippen LogP contribution < -0.4 is 4.74 Å². The van der Waals surface area contributed by atoms with Gasteiger partial charge < -0.3 is 13.7 Å². The highest BCUT2D eigenvalue weighted by Crippen LogP contribution is 2.35. The maximum atomic E-state index is 6.05. The number of benzene rings is 2. The fraction of sp³-hybridized carbons (Fsp3) is 0.167. The summed E-state index contributed by atoms with van der Waals surface area (Å²) >= 11 is 1.48. The summed E-state index contributed by atoms with van der Waals surface area (Å²) in [7, 11) is 0. The van der Waals surface area contributed by atoms with Crippen LogP contribution >= 0.6 is 11.8 Å². The minimum atomic E-state index is -0.155. The van der Waals surface area contributed by atoms with E-state index >= 15 is 0 Å². The van der Waals surface area contributed by atoms with Crippen LogP contribution in [0.25, 0.3) is 17.3 Å². The number of para-hydroxylation sites is 2. The van der Waals surface area contributed by atoms with Gasteiger partial charge in [-0.2, -0.15) is 4.98 Å². The van der Waals surface area contributed by atoms with Gasteiger partial charge in [0.05, 0.1) is 11.5 Å². The molecule has 5 rings (SSSR count). The van der Waals surface area contributed by atoms with Crippen LogP contribution in [0.4, 0.5) is 0 Å².